The first kappa shape index (κ1) is 23.6. The van der Waals surface area contributed by atoms with E-state index in [1.165, 1.54) is 0 Å². The fraction of sp³-hybridized carbons (Fsp3) is 0.440. The molecule has 1 fully saturated rings. The van der Waals surface area contributed by atoms with E-state index in [1.54, 1.807) is 14.2 Å². The van der Waals surface area contributed by atoms with Gasteiger partial charge in [0.2, 0.25) is 11.8 Å². The molecule has 0 saturated carbocycles. The van der Waals surface area contributed by atoms with Gasteiger partial charge in [-0.2, -0.15) is 0 Å². The summed E-state index contributed by atoms with van der Waals surface area (Å²) in [5.41, 5.74) is 4.00. The van der Waals surface area contributed by atoms with Crippen molar-refractivity contribution in [2.75, 3.05) is 39.2 Å². The molecule has 0 radical (unpaired) electrons. The molecule has 1 heterocycles. The zero-order valence-electron chi connectivity index (χ0n) is 19.4. The summed E-state index contributed by atoms with van der Waals surface area (Å²) in [6.45, 7) is 5.97. The lowest BCUT2D eigenvalue weighted by Gasteiger charge is -2.32. The summed E-state index contributed by atoms with van der Waals surface area (Å²) in [5, 5.41) is 6.14. The molecule has 0 aromatic heterocycles. The lowest BCUT2D eigenvalue weighted by molar-refractivity contribution is -0.122. The van der Waals surface area contributed by atoms with Gasteiger partial charge in [0.1, 0.15) is 0 Å². The highest BCUT2D eigenvalue weighted by atomic mass is 16.5. The van der Waals surface area contributed by atoms with Crippen molar-refractivity contribution < 1.29 is 19.1 Å². The maximum absolute atomic E-state index is 12.5. The first-order chi connectivity index (χ1) is 15.4. The van der Waals surface area contributed by atoms with Crippen molar-refractivity contribution in [3.8, 4) is 11.5 Å². The molecule has 0 bridgehead atoms. The molecular weight excluding hydrogens is 406 g/mol. The van der Waals surface area contributed by atoms with E-state index in [4.69, 9.17) is 9.47 Å². The summed E-state index contributed by atoms with van der Waals surface area (Å²) >= 11 is 0. The first-order valence-electron chi connectivity index (χ1n) is 11.0. The number of ether oxygens (including phenoxy) is 2. The molecule has 1 saturated heterocycles. The Morgan fingerprint density at radius 3 is 2.41 bits per heavy atom. The van der Waals surface area contributed by atoms with Crippen LogP contribution in [0.1, 0.15) is 29.5 Å². The average Bonchev–Trinajstić information content (AvgIpc) is 2.78. The second kappa shape index (κ2) is 11.0. The Hall–Kier alpha value is -3.06. The minimum Gasteiger partial charge on any atom is -0.493 e. The highest BCUT2D eigenvalue weighted by molar-refractivity contribution is 5.93. The number of carbonyl (C=O) groups excluding carboxylic acids is 2. The third-order valence-electron chi connectivity index (χ3n) is 6.01. The van der Waals surface area contributed by atoms with Crippen LogP contribution in [0, 0.1) is 13.8 Å². The molecule has 0 unspecified atom stereocenters. The Balaban J connectivity index is 1.43. The number of nitrogens with one attached hydrogen (secondary N) is 2. The summed E-state index contributed by atoms with van der Waals surface area (Å²) in [5.74, 6) is 1.24. The highest BCUT2D eigenvalue weighted by Crippen LogP contribution is 2.27. The fourth-order valence-electron chi connectivity index (χ4n) is 3.97. The van der Waals surface area contributed by atoms with Crippen LogP contribution < -0.4 is 20.1 Å². The molecule has 7 nitrogen and oxygen atoms in total. The van der Waals surface area contributed by atoms with Gasteiger partial charge in [-0.25, -0.2) is 0 Å². The molecule has 2 N–H and O–H groups in total. The van der Waals surface area contributed by atoms with E-state index in [-0.39, 0.29) is 17.9 Å². The Labute approximate surface area is 190 Å². The third-order valence-corrected chi connectivity index (χ3v) is 6.01. The standard InChI is InChI=1S/C25H33N3O4/c1-17-6-5-7-21(18(17)2)27-25(30)16-28-12-10-20(11-13-28)26-24(29)15-19-8-9-22(31-3)23(14-19)32-4/h5-9,14,20H,10-13,15-16H2,1-4H3,(H,26,29)(H,27,30). The molecular formula is C25H33N3O4. The lowest BCUT2D eigenvalue weighted by Crippen LogP contribution is -2.46. The maximum atomic E-state index is 12.5. The van der Waals surface area contributed by atoms with Gasteiger partial charge in [-0.1, -0.05) is 18.2 Å². The van der Waals surface area contributed by atoms with Gasteiger partial charge in [0, 0.05) is 24.8 Å². The molecule has 3 rings (SSSR count). The Bertz CT molecular complexity index is 952. The molecule has 2 aromatic carbocycles. The second-order valence-corrected chi connectivity index (χ2v) is 8.28. The number of amides is 2. The van der Waals surface area contributed by atoms with Crippen molar-refractivity contribution in [3.63, 3.8) is 0 Å². The minimum atomic E-state index is -0.0108. The van der Waals surface area contributed by atoms with Gasteiger partial charge in [-0.3, -0.25) is 14.5 Å². The van der Waals surface area contributed by atoms with E-state index in [1.807, 2.05) is 50.2 Å². The Kier molecular flexibility index (Phi) is 8.11. The summed E-state index contributed by atoms with van der Waals surface area (Å²) < 4.78 is 10.5. The number of benzene rings is 2. The smallest absolute Gasteiger partial charge is 0.238 e. The zero-order valence-corrected chi connectivity index (χ0v) is 19.4. The fourth-order valence-corrected chi connectivity index (χ4v) is 3.97. The van der Waals surface area contributed by atoms with Gasteiger partial charge in [-0.05, 0) is 61.6 Å². The number of aryl methyl sites for hydroxylation is 1. The van der Waals surface area contributed by atoms with Crippen LogP contribution in [0.4, 0.5) is 5.69 Å². The number of hydrogen-bond donors (Lipinski definition) is 2. The minimum absolute atomic E-state index is 0.00496. The molecule has 7 heteroatoms. The van der Waals surface area contributed by atoms with Crippen LogP contribution in [0.2, 0.25) is 0 Å². The molecule has 0 aliphatic carbocycles. The number of carbonyl (C=O) groups is 2. The molecule has 2 amide bonds. The Morgan fingerprint density at radius 2 is 1.72 bits per heavy atom. The quantitative estimate of drug-likeness (QED) is 0.661. The average molecular weight is 440 g/mol. The van der Waals surface area contributed by atoms with Crippen LogP contribution in [0.15, 0.2) is 36.4 Å². The van der Waals surface area contributed by atoms with Crippen LogP contribution >= 0.6 is 0 Å². The van der Waals surface area contributed by atoms with Crippen molar-refractivity contribution in [1.82, 2.24) is 10.2 Å². The summed E-state index contributed by atoms with van der Waals surface area (Å²) in [6.07, 6.45) is 1.95. The number of rotatable bonds is 8. The maximum Gasteiger partial charge on any atom is 0.238 e. The van der Waals surface area contributed by atoms with E-state index >= 15 is 0 Å². The van der Waals surface area contributed by atoms with Crippen LogP contribution in [-0.2, 0) is 16.0 Å². The van der Waals surface area contributed by atoms with Gasteiger partial charge in [0.25, 0.3) is 0 Å². The predicted octanol–water partition coefficient (Wildman–Crippen LogP) is 3.08. The number of nitrogens with zero attached hydrogens (tertiary/aromatic N) is 1. The van der Waals surface area contributed by atoms with Crippen LogP contribution in [0.5, 0.6) is 11.5 Å². The van der Waals surface area contributed by atoms with Crippen molar-refractivity contribution in [3.05, 3.63) is 53.1 Å². The highest BCUT2D eigenvalue weighted by Gasteiger charge is 2.22. The molecule has 1 aliphatic heterocycles. The number of hydrogen-bond acceptors (Lipinski definition) is 5. The second-order valence-electron chi connectivity index (χ2n) is 8.28. The molecule has 0 spiro atoms. The summed E-state index contributed by atoms with van der Waals surface area (Å²) in [6, 6.07) is 11.6. The van der Waals surface area contributed by atoms with Crippen LogP contribution in [-0.4, -0.2) is 56.6 Å². The number of anilines is 1. The van der Waals surface area contributed by atoms with E-state index in [2.05, 4.69) is 15.5 Å². The predicted molar refractivity (Wildman–Crippen MR) is 125 cm³/mol. The van der Waals surface area contributed by atoms with Gasteiger partial charge in [0.05, 0.1) is 27.2 Å². The third kappa shape index (κ3) is 6.23. The van der Waals surface area contributed by atoms with Gasteiger partial charge in [0.15, 0.2) is 11.5 Å². The summed E-state index contributed by atoms with van der Waals surface area (Å²) in [7, 11) is 3.17. The molecule has 1 aliphatic rings. The number of piperidine rings is 1. The SMILES string of the molecule is COc1ccc(CC(=O)NC2CCN(CC(=O)Nc3cccc(C)c3C)CC2)cc1OC. The lowest BCUT2D eigenvalue weighted by atomic mass is 10.0. The van der Waals surface area contributed by atoms with Crippen molar-refractivity contribution in [2.45, 2.75) is 39.2 Å². The zero-order chi connectivity index (χ0) is 23.1. The topological polar surface area (TPSA) is 79.9 Å². The molecule has 32 heavy (non-hydrogen) atoms. The van der Waals surface area contributed by atoms with Crippen molar-refractivity contribution >= 4 is 17.5 Å². The molecule has 0 atom stereocenters. The van der Waals surface area contributed by atoms with E-state index in [0.29, 0.717) is 24.5 Å². The van der Waals surface area contributed by atoms with Gasteiger partial charge >= 0.3 is 0 Å². The van der Waals surface area contributed by atoms with Crippen LogP contribution in [0.25, 0.3) is 0 Å². The van der Waals surface area contributed by atoms with E-state index in [9.17, 15) is 9.59 Å². The molecule has 2 aromatic rings. The van der Waals surface area contributed by atoms with Crippen molar-refractivity contribution in [1.29, 1.82) is 0 Å². The normalized spacial score (nSPS) is 14.6. The first-order valence-corrected chi connectivity index (χ1v) is 11.0. The largest absolute Gasteiger partial charge is 0.493 e. The number of likely N-dealkylation sites (tertiary alicyclic amines) is 1. The summed E-state index contributed by atoms with van der Waals surface area (Å²) in [4.78, 5) is 27.1. The number of methoxy groups -OCH3 is 2. The van der Waals surface area contributed by atoms with Crippen molar-refractivity contribution in [2.24, 2.45) is 0 Å². The van der Waals surface area contributed by atoms with Gasteiger partial charge in [-0.15, -0.1) is 0 Å². The van der Waals surface area contributed by atoms with Gasteiger partial charge < -0.3 is 20.1 Å². The van der Waals surface area contributed by atoms with E-state index < -0.39 is 0 Å². The monoisotopic (exact) mass is 439 g/mol. The van der Waals surface area contributed by atoms with E-state index in [0.717, 1.165) is 48.3 Å². The molecule has 172 valence electrons. The van der Waals surface area contributed by atoms with Crippen LogP contribution in [0.3, 0.4) is 0 Å². The Morgan fingerprint density at radius 1 is 1.00 bits per heavy atom.